The standard InChI is InChI=1S/C16H23ClFN/c1-13-11-15(18)8-7-14(13)12-19(10-9-17)16-5-3-2-4-6-16/h7-8,11,16H,2-6,9-10,12H2,1H3. The Morgan fingerprint density at radius 2 is 2.00 bits per heavy atom. The zero-order chi connectivity index (χ0) is 13.7. The van der Waals surface area contributed by atoms with Gasteiger partial charge in [0, 0.05) is 25.0 Å². The molecule has 1 fully saturated rings. The second-order valence-corrected chi connectivity index (χ2v) is 5.90. The number of alkyl halides is 1. The molecule has 1 aromatic rings. The maximum atomic E-state index is 13.2. The van der Waals surface area contributed by atoms with Crippen LogP contribution in [0.1, 0.15) is 43.2 Å². The lowest BCUT2D eigenvalue weighted by molar-refractivity contribution is 0.156. The van der Waals surface area contributed by atoms with E-state index >= 15 is 0 Å². The van der Waals surface area contributed by atoms with Gasteiger partial charge < -0.3 is 0 Å². The van der Waals surface area contributed by atoms with Crippen LogP contribution in [0, 0.1) is 12.7 Å². The Labute approximate surface area is 120 Å². The van der Waals surface area contributed by atoms with Gasteiger partial charge in [-0.2, -0.15) is 0 Å². The SMILES string of the molecule is Cc1cc(F)ccc1CN(CCCl)C1CCCCC1. The maximum Gasteiger partial charge on any atom is 0.123 e. The summed E-state index contributed by atoms with van der Waals surface area (Å²) < 4.78 is 13.2. The quantitative estimate of drug-likeness (QED) is 0.719. The molecule has 19 heavy (non-hydrogen) atoms. The van der Waals surface area contributed by atoms with Gasteiger partial charge in [-0.25, -0.2) is 4.39 Å². The minimum atomic E-state index is -0.150. The number of nitrogens with zero attached hydrogens (tertiary/aromatic N) is 1. The fraction of sp³-hybridized carbons (Fsp3) is 0.625. The van der Waals surface area contributed by atoms with E-state index in [2.05, 4.69) is 4.90 Å². The van der Waals surface area contributed by atoms with Crippen LogP contribution in [0.5, 0.6) is 0 Å². The van der Waals surface area contributed by atoms with Crippen molar-refractivity contribution in [1.82, 2.24) is 4.90 Å². The number of hydrogen-bond acceptors (Lipinski definition) is 1. The third-order valence-electron chi connectivity index (χ3n) is 4.14. The van der Waals surface area contributed by atoms with Crippen LogP contribution in [-0.4, -0.2) is 23.4 Å². The van der Waals surface area contributed by atoms with Crippen LogP contribution in [0.25, 0.3) is 0 Å². The molecule has 1 aliphatic rings. The molecule has 3 heteroatoms. The fourth-order valence-corrected chi connectivity index (χ4v) is 3.22. The Balaban J connectivity index is 2.06. The van der Waals surface area contributed by atoms with Gasteiger partial charge in [-0.15, -0.1) is 11.6 Å². The molecule has 0 radical (unpaired) electrons. The van der Waals surface area contributed by atoms with Crippen LogP contribution in [0.2, 0.25) is 0 Å². The summed E-state index contributed by atoms with van der Waals surface area (Å²) in [5.41, 5.74) is 2.26. The van der Waals surface area contributed by atoms with E-state index < -0.39 is 0 Å². The molecule has 0 amide bonds. The van der Waals surface area contributed by atoms with Crippen molar-refractivity contribution in [2.24, 2.45) is 0 Å². The minimum Gasteiger partial charge on any atom is -0.295 e. The Morgan fingerprint density at radius 1 is 1.26 bits per heavy atom. The van der Waals surface area contributed by atoms with Crippen molar-refractivity contribution < 1.29 is 4.39 Å². The fourth-order valence-electron chi connectivity index (χ4n) is 3.00. The van der Waals surface area contributed by atoms with Crippen molar-refractivity contribution >= 4 is 11.6 Å². The summed E-state index contributed by atoms with van der Waals surface area (Å²) in [6.07, 6.45) is 6.56. The van der Waals surface area contributed by atoms with Gasteiger partial charge in [-0.3, -0.25) is 4.90 Å². The van der Waals surface area contributed by atoms with E-state index in [0.717, 1.165) is 18.7 Å². The van der Waals surface area contributed by atoms with Crippen molar-refractivity contribution in [1.29, 1.82) is 0 Å². The normalized spacial score (nSPS) is 17.1. The number of aryl methyl sites for hydroxylation is 1. The molecular formula is C16H23ClFN. The van der Waals surface area contributed by atoms with Crippen LogP contribution in [0.4, 0.5) is 4.39 Å². The largest absolute Gasteiger partial charge is 0.295 e. The lowest BCUT2D eigenvalue weighted by Gasteiger charge is -2.34. The molecule has 1 saturated carbocycles. The summed E-state index contributed by atoms with van der Waals surface area (Å²) in [5, 5.41) is 0. The first kappa shape index (κ1) is 14.8. The molecule has 1 aliphatic carbocycles. The van der Waals surface area contributed by atoms with Crippen LogP contribution >= 0.6 is 11.6 Å². The highest BCUT2D eigenvalue weighted by atomic mass is 35.5. The van der Waals surface area contributed by atoms with Crippen molar-refractivity contribution in [3.8, 4) is 0 Å². The molecule has 2 rings (SSSR count). The third-order valence-corrected chi connectivity index (χ3v) is 4.31. The molecule has 0 unspecified atom stereocenters. The molecule has 0 atom stereocenters. The molecule has 0 aliphatic heterocycles. The predicted octanol–water partition coefficient (Wildman–Crippen LogP) is 4.51. The van der Waals surface area contributed by atoms with Gasteiger partial charge in [-0.05, 0) is 43.0 Å². The van der Waals surface area contributed by atoms with Gasteiger partial charge in [0.05, 0.1) is 0 Å². The first-order chi connectivity index (χ1) is 9.20. The molecule has 0 aromatic heterocycles. The Kier molecular flexibility index (Phi) is 5.65. The summed E-state index contributed by atoms with van der Waals surface area (Å²) in [5.74, 6) is 0.513. The molecule has 0 heterocycles. The molecule has 0 bridgehead atoms. The lowest BCUT2D eigenvalue weighted by Crippen LogP contribution is -2.37. The van der Waals surface area contributed by atoms with Crippen molar-refractivity contribution in [2.45, 2.75) is 51.6 Å². The summed E-state index contributed by atoms with van der Waals surface area (Å²) in [6.45, 7) is 3.80. The van der Waals surface area contributed by atoms with E-state index in [1.165, 1.54) is 37.7 Å². The average Bonchev–Trinajstić information content (AvgIpc) is 2.42. The monoisotopic (exact) mass is 283 g/mol. The van der Waals surface area contributed by atoms with Crippen molar-refractivity contribution in [2.75, 3.05) is 12.4 Å². The van der Waals surface area contributed by atoms with Crippen molar-refractivity contribution in [3.05, 3.63) is 35.1 Å². The zero-order valence-corrected chi connectivity index (χ0v) is 12.4. The van der Waals surface area contributed by atoms with Crippen molar-refractivity contribution in [3.63, 3.8) is 0 Å². The van der Waals surface area contributed by atoms with E-state index in [-0.39, 0.29) is 5.82 Å². The van der Waals surface area contributed by atoms with Gasteiger partial charge in [0.1, 0.15) is 5.82 Å². The van der Waals surface area contributed by atoms with Gasteiger partial charge in [0.15, 0.2) is 0 Å². The molecular weight excluding hydrogens is 261 g/mol. The number of halogens is 2. The summed E-state index contributed by atoms with van der Waals surface area (Å²) >= 11 is 5.95. The van der Waals surface area contributed by atoms with Crippen LogP contribution < -0.4 is 0 Å². The smallest absolute Gasteiger partial charge is 0.123 e. The van der Waals surface area contributed by atoms with E-state index in [1.54, 1.807) is 12.1 Å². The Bertz CT molecular complexity index is 402. The van der Waals surface area contributed by atoms with Gasteiger partial charge in [-0.1, -0.05) is 25.3 Å². The Morgan fingerprint density at radius 3 is 2.63 bits per heavy atom. The predicted molar refractivity (Wildman–Crippen MR) is 79.1 cm³/mol. The lowest BCUT2D eigenvalue weighted by atomic mass is 9.93. The van der Waals surface area contributed by atoms with Gasteiger partial charge in [0.2, 0.25) is 0 Å². The highest BCUT2D eigenvalue weighted by molar-refractivity contribution is 6.18. The Hall–Kier alpha value is -0.600. The van der Waals surface area contributed by atoms with E-state index in [4.69, 9.17) is 11.6 Å². The second-order valence-electron chi connectivity index (χ2n) is 5.52. The summed E-state index contributed by atoms with van der Waals surface area (Å²) in [6, 6.07) is 5.74. The highest BCUT2D eigenvalue weighted by Crippen LogP contribution is 2.24. The molecule has 0 N–H and O–H groups in total. The number of hydrogen-bond donors (Lipinski definition) is 0. The number of rotatable bonds is 5. The zero-order valence-electron chi connectivity index (χ0n) is 11.7. The van der Waals surface area contributed by atoms with E-state index in [9.17, 15) is 4.39 Å². The highest BCUT2D eigenvalue weighted by Gasteiger charge is 2.21. The average molecular weight is 284 g/mol. The third kappa shape index (κ3) is 4.19. The molecule has 1 aromatic carbocycles. The summed E-state index contributed by atoms with van der Waals surface area (Å²) in [7, 11) is 0. The van der Waals surface area contributed by atoms with Gasteiger partial charge >= 0.3 is 0 Å². The maximum absolute atomic E-state index is 13.2. The van der Waals surface area contributed by atoms with Crippen LogP contribution in [-0.2, 0) is 6.54 Å². The topological polar surface area (TPSA) is 3.24 Å². The molecule has 1 nitrogen and oxygen atoms in total. The van der Waals surface area contributed by atoms with Gasteiger partial charge in [0.25, 0.3) is 0 Å². The first-order valence-corrected chi connectivity index (χ1v) is 7.79. The van der Waals surface area contributed by atoms with E-state index in [1.807, 2.05) is 13.0 Å². The van der Waals surface area contributed by atoms with E-state index in [0.29, 0.717) is 11.9 Å². The number of benzene rings is 1. The van der Waals surface area contributed by atoms with Crippen LogP contribution in [0.15, 0.2) is 18.2 Å². The first-order valence-electron chi connectivity index (χ1n) is 7.25. The molecule has 0 spiro atoms. The summed E-state index contributed by atoms with van der Waals surface area (Å²) in [4.78, 5) is 2.48. The molecule has 0 saturated heterocycles. The second kappa shape index (κ2) is 7.25. The van der Waals surface area contributed by atoms with Crippen LogP contribution in [0.3, 0.4) is 0 Å². The minimum absolute atomic E-state index is 0.150. The molecule has 106 valence electrons.